The van der Waals surface area contributed by atoms with Crippen LogP contribution in [0.3, 0.4) is 0 Å². The molecule has 0 bridgehead atoms. The third-order valence-corrected chi connectivity index (χ3v) is 12.1. The van der Waals surface area contributed by atoms with Crippen molar-refractivity contribution in [1.82, 2.24) is 36.3 Å². The zero-order chi connectivity index (χ0) is 46.0. The molecule has 20 heteroatoms. The molecular formula is C44H59N7O13. The van der Waals surface area contributed by atoms with Gasteiger partial charge in [-0.2, -0.15) is 0 Å². The van der Waals surface area contributed by atoms with E-state index in [1.165, 1.54) is 16.8 Å². The molecule has 3 aromatic rings. The Morgan fingerprint density at radius 1 is 0.922 bits per heavy atom. The molecule has 0 radical (unpaired) electrons. The van der Waals surface area contributed by atoms with Crippen LogP contribution >= 0.6 is 0 Å². The Balaban J connectivity index is 1.16. The molecule has 64 heavy (non-hydrogen) atoms. The van der Waals surface area contributed by atoms with Gasteiger partial charge in [0.1, 0.15) is 37.7 Å². The van der Waals surface area contributed by atoms with Crippen molar-refractivity contribution >= 4 is 29.8 Å². The quantitative estimate of drug-likeness (QED) is 0.0930. The smallest absolute Gasteiger partial charge is 0.407 e. The summed E-state index contributed by atoms with van der Waals surface area (Å²) in [5, 5.41) is 74.2. The number of amides is 4. The van der Waals surface area contributed by atoms with E-state index in [-0.39, 0.29) is 36.8 Å². The number of aryl methyl sites for hydroxylation is 2. The summed E-state index contributed by atoms with van der Waals surface area (Å²) in [7, 11) is 0. The minimum Gasteiger partial charge on any atom is -0.507 e. The largest absolute Gasteiger partial charge is 0.507 e. The lowest BCUT2D eigenvalue weighted by Crippen LogP contribution is -2.69. The highest BCUT2D eigenvalue weighted by Gasteiger charge is 2.57. The van der Waals surface area contributed by atoms with E-state index in [9.17, 15) is 49.5 Å². The molecule has 2 saturated carbocycles. The maximum absolute atomic E-state index is 13.5. The average molecular weight is 894 g/mol. The summed E-state index contributed by atoms with van der Waals surface area (Å²) in [5.74, 6) is -6.07. The van der Waals surface area contributed by atoms with E-state index in [4.69, 9.17) is 14.2 Å². The SMILES string of the molecule is Cc1cc(C(=O)NC[C@@H](O)[C@@H](O)[C@@H]2O[C@@](OC3CCCCC3NC(=O)CNC(=O)OCc3ccccc3)(C(=O)O)C[C@H](O)[C@H]2NC(=O)Cn2cc(C3CCCCC3)nn2)cc(C)c1O. The first kappa shape index (κ1) is 47.8. The molecule has 2 aromatic carbocycles. The Kier molecular flexibility index (Phi) is 16.3. The highest BCUT2D eigenvalue weighted by molar-refractivity contribution is 5.95. The van der Waals surface area contributed by atoms with Crippen molar-refractivity contribution in [3.63, 3.8) is 0 Å². The Morgan fingerprint density at radius 3 is 2.31 bits per heavy atom. The number of carboxylic acids is 1. The van der Waals surface area contributed by atoms with Gasteiger partial charge in [-0.25, -0.2) is 14.3 Å². The molecule has 1 saturated heterocycles. The highest BCUT2D eigenvalue weighted by atomic mass is 16.7. The number of aliphatic hydroxyl groups excluding tert-OH is 3. The standard InChI is InChI=1S/C44H59N7O13/c1-25-17-29(18-26(2)38(25)56)41(58)45-20-33(53)39(57)40-37(48-36(55)23-51-22-31(49-50-51)28-13-7-4-8-14-28)32(52)19-44(64-40,42(59)60)63-34-16-10-9-15-30(34)47-35(54)21-46-43(61)62-24-27-11-5-3-6-12-27/h3,5-6,11-12,17-18,22,28,30,32-34,37,39-40,52-53,56-57H,4,7-10,13-16,19-21,23-24H2,1-2H3,(H,45,58)(H,46,61)(H,47,54)(H,48,55)(H,59,60)/t30?,32-,33+,34?,37+,39+,40+,44+/m0/s1. The maximum atomic E-state index is 13.5. The predicted molar refractivity (Wildman–Crippen MR) is 225 cm³/mol. The fourth-order valence-corrected chi connectivity index (χ4v) is 8.60. The van der Waals surface area contributed by atoms with Gasteiger partial charge in [0.25, 0.3) is 11.7 Å². The zero-order valence-corrected chi connectivity index (χ0v) is 36.0. The highest BCUT2D eigenvalue weighted by Crippen LogP contribution is 2.37. The number of carbonyl (C=O) groups is 5. The van der Waals surface area contributed by atoms with Crippen molar-refractivity contribution in [3.8, 4) is 5.75 Å². The molecule has 2 heterocycles. The van der Waals surface area contributed by atoms with Gasteiger partial charge in [-0.15, -0.1) is 5.10 Å². The van der Waals surface area contributed by atoms with E-state index in [2.05, 4.69) is 31.6 Å². The first-order valence-electron chi connectivity index (χ1n) is 21.8. The van der Waals surface area contributed by atoms with Crippen LogP contribution in [0.25, 0.3) is 0 Å². The second-order valence-electron chi connectivity index (χ2n) is 16.9. The van der Waals surface area contributed by atoms with Crippen molar-refractivity contribution < 1.29 is 63.7 Å². The number of aliphatic hydroxyl groups is 3. The van der Waals surface area contributed by atoms with Crippen molar-refractivity contribution in [3.05, 3.63) is 76.6 Å². The Hall–Kier alpha value is -5.67. The number of benzene rings is 2. The van der Waals surface area contributed by atoms with E-state index in [0.29, 0.717) is 30.4 Å². The van der Waals surface area contributed by atoms with E-state index in [1.54, 1.807) is 44.3 Å². The minimum atomic E-state index is -2.67. The van der Waals surface area contributed by atoms with Gasteiger partial charge in [0, 0.05) is 30.6 Å². The number of phenolic OH excluding ortho intramolecular Hbond substituents is 1. The number of carbonyl (C=O) groups excluding carboxylic acids is 4. The van der Waals surface area contributed by atoms with Crippen LogP contribution in [-0.2, 0) is 41.7 Å². The topological polar surface area (TPSA) is 293 Å². The van der Waals surface area contributed by atoms with Crippen LogP contribution in [0.2, 0.25) is 0 Å². The number of carboxylic acid groups (broad SMARTS) is 1. The number of rotatable bonds is 17. The normalized spacial score (nSPS) is 24.7. The van der Waals surface area contributed by atoms with Gasteiger partial charge in [0.2, 0.25) is 11.8 Å². The van der Waals surface area contributed by atoms with Crippen LogP contribution in [0.1, 0.15) is 103 Å². The number of ether oxygens (including phenoxy) is 3. The summed E-state index contributed by atoms with van der Waals surface area (Å²) >= 11 is 0. The molecule has 348 valence electrons. The summed E-state index contributed by atoms with van der Waals surface area (Å²) in [5.41, 5.74) is 2.54. The Morgan fingerprint density at radius 2 is 1.61 bits per heavy atom. The zero-order valence-electron chi connectivity index (χ0n) is 36.0. The number of aromatic hydroxyl groups is 1. The van der Waals surface area contributed by atoms with E-state index in [0.717, 1.165) is 43.4 Å². The maximum Gasteiger partial charge on any atom is 0.407 e. The average Bonchev–Trinajstić information content (AvgIpc) is 3.75. The number of hydrogen-bond acceptors (Lipinski definition) is 14. The molecule has 9 N–H and O–H groups in total. The number of nitrogens with zero attached hydrogens (tertiary/aromatic N) is 3. The molecule has 3 fully saturated rings. The second kappa shape index (κ2) is 21.8. The van der Waals surface area contributed by atoms with Gasteiger partial charge in [0.15, 0.2) is 0 Å². The summed E-state index contributed by atoms with van der Waals surface area (Å²) in [4.78, 5) is 65.2. The predicted octanol–water partition coefficient (Wildman–Crippen LogP) is 1.59. The van der Waals surface area contributed by atoms with Crippen LogP contribution < -0.4 is 21.3 Å². The molecule has 1 aromatic heterocycles. The first-order chi connectivity index (χ1) is 30.6. The summed E-state index contributed by atoms with van der Waals surface area (Å²) < 4.78 is 18.8. The number of aliphatic carboxylic acids is 1. The molecule has 0 spiro atoms. The second-order valence-corrected chi connectivity index (χ2v) is 16.9. The molecule has 20 nitrogen and oxygen atoms in total. The summed E-state index contributed by atoms with van der Waals surface area (Å²) in [6, 6.07) is 9.56. The number of hydrogen-bond donors (Lipinski definition) is 9. The molecule has 8 atom stereocenters. The van der Waals surface area contributed by atoms with Crippen LogP contribution in [0.15, 0.2) is 48.7 Å². The summed E-state index contributed by atoms with van der Waals surface area (Å²) in [6.45, 7) is 1.83. The third kappa shape index (κ3) is 12.3. The molecule has 6 rings (SSSR count). The molecule has 2 aliphatic carbocycles. The molecule has 2 unspecified atom stereocenters. The van der Waals surface area contributed by atoms with E-state index >= 15 is 0 Å². The van der Waals surface area contributed by atoms with Crippen LogP contribution in [0, 0.1) is 13.8 Å². The first-order valence-corrected chi connectivity index (χ1v) is 21.8. The minimum absolute atomic E-state index is 0.00979. The molecule has 3 aliphatic rings. The number of phenols is 1. The van der Waals surface area contributed by atoms with Crippen molar-refractivity contribution in [1.29, 1.82) is 0 Å². The fourth-order valence-electron chi connectivity index (χ4n) is 8.60. The van der Waals surface area contributed by atoms with Crippen LogP contribution in [0.5, 0.6) is 5.75 Å². The Labute approximate surface area is 370 Å². The number of aromatic nitrogens is 3. The van der Waals surface area contributed by atoms with Crippen LogP contribution in [-0.4, -0.2) is 132 Å². The molecular weight excluding hydrogens is 835 g/mol. The Bertz CT molecular complexity index is 2070. The monoisotopic (exact) mass is 893 g/mol. The molecule has 1 aliphatic heterocycles. The van der Waals surface area contributed by atoms with Crippen molar-refractivity contribution in [2.75, 3.05) is 13.1 Å². The number of nitrogens with one attached hydrogen (secondary N) is 4. The van der Waals surface area contributed by atoms with Gasteiger partial charge in [-0.1, -0.05) is 67.6 Å². The van der Waals surface area contributed by atoms with Crippen LogP contribution in [0.4, 0.5) is 4.79 Å². The van der Waals surface area contributed by atoms with E-state index in [1.807, 2.05) is 6.07 Å². The van der Waals surface area contributed by atoms with E-state index < -0.39 is 97.7 Å². The lowest BCUT2D eigenvalue weighted by atomic mass is 9.87. The van der Waals surface area contributed by atoms with Gasteiger partial charge in [0.05, 0.1) is 36.1 Å². The van der Waals surface area contributed by atoms with Gasteiger partial charge in [-0.05, 0) is 68.4 Å². The van der Waals surface area contributed by atoms with Gasteiger partial charge < -0.3 is 61.0 Å². The van der Waals surface area contributed by atoms with Gasteiger partial charge in [-0.3, -0.25) is 14.4 Å². The lowest BCUT2D eigenvalue weighted by Gasteiger charge is -2.48. The number of alkyl carbamates (subject to hydrolysis) is 1. The third-order valence-electron chi connectivity index (χ3n) is 12.1. The van der Waals surface area contributed by atoms with Gasteiger partial charge >= 0.3 is 12.1 Å². The lowest BCUT2D eigenvalue weighted by molar-refractivity contribution is -0.325. The molecule has 4 amide bonds. The summed E-state index contributed by atoms with van der Waals surface area (Å²) in [6.07, 6.45) is -1.33. The van der Waals surface area contributed by atoms with Crippen molar-refractivity contribution in [2.24, 2.45) is 0 Å². The van der Waals surface area contributed by atoms with Crippen molar-refractivity contribution in [2.45, 2.75) is 146 Å². The fraction of sp³-hybridized carbons (Fsp3) is 0.568.